The topological polar surface area (TPSA) is 55.1 Å². The minimum Gasteiger partial charge on any atom is -0.379 e. The first-order valence-electron chi connectivity index (χ1n) is 5.74. The van der Waals surface area contributed by atoms with E-state index in [1.54, 1.807) is 24.3 Å². The van der Waals surface area contributed by atoms with Gasteiger partial charge in [0.1, 0.15) is 11.6 Å². The predicted molar refractivity (Wildman–Crippen MR) is 76.3 cm³/mol. The fourth-order valence-corrected chi connectivity index (χ4v) is 2.03. The summed E-state index contributed by atoms with van der Waals surface area (Å²) in [5.41, 5.74) is 6.50. The van der Waals surface area contributed by atoms with Crippen molar-refractivity contribution in [1.29, 1.82) is 0 Å². The van der Waals surface area contributed by atoms with E-state index in [1.807, 2.05) is 0 Å². The standard InChI is InChI=1S/C14H11BrF2N2O/c15-10-5-13(12(17)6-11(10)16)19-7-8-2-1-3-9(4-8)14(18)20/h1-6,19H,7H2,(H2,18,20). The Morgan fingerprint density at radius 1 is 1.20 bits per heavy atom. The van der Waals surface area contributed by atoms with Crippen molar-refractivity contribution in [3.05, 3.63) is 63.6 Å². The number of halogens is 3. The van der Waals surface area contributed by atoms with Crippen LogP contribution in [0.1, 0.15) is 15.9 Å². The Kier molecular flexibility index (Phi) is 4.34. The molecule has 0 radical (unpaired) electrons. The van der Waals surface area contributed by atoms with Gasteiger partial charge in [0.05, 0.1) is 10.2 Å². The van der Waals surface area contributed by atoms with Crippen molar-refractivity contribution >= 4 is 27.5 Å². The van der Waals surface area contributed by atoms with Gasteiger partial charge in [0, 0.05) is 18.2 Å². The molecule has 20 heavy (non-hydrogen) atoms. The molecule has 2 aromatic carbocycles. The number of benzene rings is 2. The van der Waals surface area contributed by atoms with E-state index in [0.29, 0.717) is 5.56 Å². The number of hydrogen-bond acceptors (Lipinski definition) is 2. The Balaban J connectivity index is 2.15. The minimum atomic E-state index is -0.684. The molecule has 0 atom stereocenters. The molecule has 0 aliphatic rings. The smallest absolute Gasteiger partial charge is 0.248 e. The van der Waals surface area contributed by atoms with Crippen LogP contribution in [-0.2, 0) is 6.54 Å². The third kappa shape index (κ3) is 3.33. The molecule has 0 aliphatic carbocycles. The van der Waals surface area contributed by atoms with E-state index in [4.69, 9.17) is 5.73 Å². The van der Waals surface area contributed by atoms with Crippen LogP contribution in [0.5, 0.6) is 0 Å². The molecule has 0 spiro atoms. The van der Waals surface area contributed by atoms with Crippen LogP contribution >= 0.6 is 15.9 Å². The quantitative estimate of drug-likeness (QED) is 0.837. The van der Waals surface area contributed by atoms with Gasteiger partial charge in [0.15, 0.2) is 0 Å². The normalized spacial score (nSPS) is 10.3. The molecule has 0 unspecified atom stereocenters. The molecule has 1 amide bonds. The first kappa shape index (κ1) is 14.5. The van der Waals surface area contributed by atoms with Crippen LogP contribution in [-0.4, -0.2) is 5.91 Å². The summed E-state index contributed by atoms with van der Waals surface area (Å²) >= 11 is 2.99. The lowest BCUT2D eigenvalue weighted by Crippen LogP contribution is -2.11. The van der Waals surface area contributed by atoms with E-state index in [-0.39, 0.29) is 16.7 Å². The predicted octanol–water partition coefficient (Wildman–Crippen LogP) is 3.44. The molecule has 2 rings (SSSR count). The van der Waals surface area contributed by atoms with Gasteiger partial charge < -0.3 is 11.1 Å². The van der Waals surface area contributed by atoms with Crippen molar-refractivity contribution < 1.29 is 13.6 Å². The highest BCUT2D eigenvalue weighted by atomic mass is 79.9. The van der Waals surface area contributed by atoms with Gasteiger partial charge >= 0.3 is 0 Å². The zero-order valence-corrected chi connectivity index (χ0v) is 11.9. The molecule has 3 N–H and O–H groups in total. The molecule has 2 aromatic rings. The summed E-state index contributed by atoms with van der Waals surface area (Å²) < 4.78 is 26.8. The SMILES string of the molecule is NC(=O)c1cccc(CNc2cc(Br)c(F)cc2F)c1. The lowest BCUT2D eigenvalue weighted by Gasteiger charge is -2.09. The molecule has 3 nitrogen and oxygen atoms in total. The lowest BCUT2D eigenvalue weighted by atomic mass is 10.1. The minimum absolute atomic E-state index is 0.169. The fourth-order valence-electron chi connectivity index (χ4n) is 1.69. The van der Waals surface area contributed by atoms with Crippen LogP contribution in [0.3, 0.4) is 0 Å². The fraction of sp³-hybridized carbons (Fsp3) is 0.0714. The number of primary amides is 1. The summed E-state index contributed by atoms with van der Waals surface area (Å²) in [6, 6.07) is 8.80. The average molecular weight is 341 g/mol. The van der Waals surface area contributed by atoms with E-state index < -0.39 is 17.5 Å². The number of anilines is 1. The van der Waals surface area contributed by atoms with Crippen molar-refractivity contribution in [3.63, 3.8) is 0 Å². The average Bonchev–Trinajstić information content (AvgIpc) is 2.41. The maximum atomic E-state index is 13.5. The third-order valence-corrected chi connectivity index (χ3v) is 3.31. The molecule has 0 fully saturated rings. The van der Waals surface area contributed by atoms with Gasteiger partial charge in [-0.15, -0.1) is 0 Å². The molecule has 104 valence electrons. The van der Waals surface area contributed by atoms with Crippen molar-refractivity contribution in [2.45, 2.75) is 6.54 Å². The van der Waals surface area contributed by atoms with Gasteiger partial charge in [0.2, 0.25) is 5.91 Å². The van der Waals surface area contributed by atoms with Crippen LogP contribution in [0, 0.1) is 11.6 Å². The van der Waals surface area contributed by atoms with Gasteiger partial charge in [-0.25, -0.2) is 8.78 Å². The van der Waals surface area contributed by atoms with Gasteiger partial charge in [-0.1, -0.05) is 12.1 Å². The molecular weight excluding hydrogens is 330 g/mol. The van der Waals surface area contributed by atoms with Crippen molar-refractivity contribution in [2.75, 3.05) is 5.32 Å². The maximum Gasteiger partial charge on any atom is 0.248 e. The van der Waals surface area contributed by atoms with Gasteiger partial charge in [-0.2, -0.15) is 0 Å². The number of nitrogens with two attached hydrogens (primary N) is 1. The van der Waals surface area contributed by atoms with Gasteiger partial charge in [-0.3, -0.25) is 4.79 Å². The van der Waals surface area contributed by atoms with Crippen LogP contribution in [0.4, 0.5) is 14.5 Å². The highest BCUT2D eigenvalue weighted by Crippen LogP contribution is 2.24. The summed E-state index contributed by atoms with van der Waals surface area (Å²) in [5.74, 6) is -1.87. The Bertz CT molecular complexity index is 662. The first-order chi connectivity index (χ1) is 9.47. The molecule has 0 saturated heterocycles. The Morgan fingerprint density at radius 2 is 1.95 bits per heavy atom. The number of carbonyl (C=O) groups is 1. The van der Waals surface area contributed by atoms with Gasteiger partial charge in [0.25, 0.3) is 0 Å². The lowest BCUT2D eigenvalue weighted by molar-refractivity contribution is 0.1000. The molecule has 6 heteroatoms. The Morgan fingerprint density at radius 3 is 2.65 bits per heavy atom. The number of rotatable bonds is 4. The third-order valence-electron chi connectivity index (χ3n) is 2.70. The zero-order chi connectivity index (χ0) is 14.7. The zero-order valence-electron chi connectivity index (χ0n) is 10.3. The van der Waals surface area contributed by atoms with Crippen LogP contribution in [0.25, 0.3) is 0 Å². The second kappa shape index (κ2) is 6.00. The molecule has 0 aliphatic heterocycles. The van der Waals surface area contributed by atoms with E-state index >= 15 is 0 Å². The highest BCUT2D eigenvalue weighted by molar-refractivity contribution is 9.10. The van der Waals surface area contributed by atoms with Crippen molar-refractivity contribution in [2.24, 2.45) is 5.73 Å². The molecule has 0 aromatic heterocycles. The number of amides is 1. The second-order valence-corrected chi connectivity index (χ2v) is 5.02. The summed E-state index contributed by atoms with van der Waals surface area (Å²) in [6.45, 7) is 0.288. The summed E-state index contributed by atoms with van der Waals surface area (Å²) in [7, 11) is 0. The maximum absolute atomic E-state index is 13.5. The first-order valence-corrected chi connectivity index (χ1v) is 6.54. The van der Waals surface area contributed by atoms with E-state index in [2.05, 4.69) is 21.2 Å². The molecule has 0 heterocycles. The van der Waals surface area contributed by atoms with Crippen molar-refractivity contribution in [3.8, 4) is 0 Å². The summed E-state index contributed by atoms with van der Waals surface area (Å²) in [4.78, 5) is 11.1. The molecule has 0 bridgehead atoms. The van der Waals surface area contributed by atoms with Crippen molar-refractivity contribution in [1.82, 2.24) is 0 Å². The molecule has 0 saturated carbocycles. The second-order valence-electron chi connectivity index (χ2n) is 4.16. The van der Waals surface area contributed by atoms with E-state index in [9.17, 15) is 13.6 Å². The summed E-state index contributed by atoms with van der Waals surface area (Å²) in [6.07, 6.45) is 0. The monoisotopic (exact) mass is 340 g/mol. The van der Waals surface area contributed by atoms with Gasteiger partial charge in [-0.05, 0) is 39.7 Å². The summed E-state index contributed by atoms with van der Waals surface area (Å²) in [5, 5.41) is 2.84. The van der Waals surface area contributed by atoms with Crippen LogP contribution in [0.15, 0.2) is 40.9 Å². The highest BCUT2D eigenvalue weighted by Gasteiger charge is 2.08. The number of hydrogen-bond donors (Lipinski definition) is 2. The Hall–Kier alpha value is -1.95. The number of nitrogens with one attached hydrogen (secondary N) is 1. The van der Waals surface area contributed by atoms with E-state index in [0.717, 1.165) is 11.6 Å². The number of carbonyl (C=O) groups excluding carboxylic acids is 1. The van der Waals surface area contributed by atoms with Crippen LogP contribution in [0.2, 0.25) is 0 Å². The van der Waals surface area contributed by atoms with E-state index in [1.165, 1.54) is 6.07 Å². The Labute approximate surface area is 122 Å². The largest absolute Gasteiger partial charge is 0.379 e. The van der Waals surface area contributed by atoms with Crippen LogP contribution < -0.4 is 11.1 Å². The molecular formula is C14H11BrF2N2O.